The normalized spacial score (nSPS) is 15.9. The van der Waals surface area contributed by atoms with Crippen molar-refractivity contribution in [2.75, 3.05) is 18.4 Å². The van der Waals surface area contributed by atoms with E-state index in [0.29, 0.717) is 32.0 Å². The molecule has 0 fully saturated rings. The summed E-state index contributed by atoms with van der Waals surface area (Å²) in [6.07, 6.45) is 2.22. The SMILES string of the molecule is C=CCNC(=NCc1nnc(C)n1C)NCC1CC(=O)Nc2ccccc21.I. The smallest absolute Gasteiger partial charge is 0.225 e. The molecule has 1 unspecified atom stereocenters. The Morgan fingerprint density at radius 3 is 2.89 bits per heavy atom. The van der Waals surface area contributed by atoms with E-state index in [0.717, 1.165) is 22.9 Å². The third-order valence-electron chi connectivity index (χ3n) is 4.60. The van der Waals surface area contributed by atoms with Crippen LogP contribution in [0.5, 0.6) is 0 Å². The highest BCUT2D eigenvalue weighted by Crippen LogP contribution is 2.31. The van der Waals surface area contributed by atoms with Crippen LogP contribution in [0.2, 0.25) is 0 Å². The van der Waals surface area contributed by atoms with Gasteiger partial charge in [0.25, 0.3) is 0 Å². The summed E-state index contributed by atoms with van der Waals surface area (Å²) in [6.45, 7) is 7.24. The van der Waals surface area contributed by atoms with Gasteiger partial charge in [0, 0.05) is 38.2 Å². The van der Waals surface area contributed by atoms with Gasteiger partial charge in [-0.25, -0.2) is 4.99 Å². The quantitative estimate of drug-likeness (QED) is 0.247. The number of para-hydroxylation sites is 1. The van der Waals surface area contributed by atoms with Crippen LogP contribution < -0.4 is 16.0 Å². The molecule has 2 aromatic rings. The maximum Gasteiger partial charge on any atom is 0.225 e. The summed E-state index contributed by atoms with van der Waals surface area (Å²) in [4.78, 5) is 16.6. The van der Waals surface area contributed by atoms with Crippen LogP contribution >= 0.6 is 24.0 Å². The maximum absolute atomic E-state index is 12.0. The number of guanidine groups is 1. The molecule has 0 radical (unpaired) electrons. The Morgan fingerprint density at radius 1 is 1.39 bits per heavy atom. The van der Waals surface area contributed by atoms with Crippen molar-refractivity contribution in [2.24, 2.45) is 12.0 Å². The van der Waals surface area contributed by atoms with Crippen LogP contribution in [-0.2, 0) is 18.4 Å². The molecule has 1 aliphatic rings. The van der Waals surface area contributed by atoms with Crippen LogP contribution in [0.15, 0.2) is 41.9 Å². The van der Waals surface area contributed by atoms with Crippen LogP contribution in [0, 0.1) is 6.92 Å². The lowest BCUT2D eigenvalue weighted by Gasteiger charge is -2.26. The molecule has 0 aliphatic carbocycles. The summed E-state index contributed by atoms with van der Waals surface area (Å²) >= 11 is 0. The Labute approximate surface area is 181 Å². The number of hydrogen-bond donors (Lipinski definition) is 3. The van der Waals surface area contributed by atoms with Gasteiger partial charge >= 0.3 is 0 Å². The van der Waals surface area contributed by atoms with Crippen molar-refractivity contribution < 1.29 is 4.79 Å². The molecule has 1 atom stereocenters. The van der Waals surface area contributed by atoms with Gasteiger partial charge in [0.1, 0.15) is 12.4 Å². The Balaban J connectivity index is 0.00000280. The lowest BCUT2D eigenvalue weighted by atomic mass is 9.90. The Bertz CT molecular complexity index is 862. The van der Waals surface area contributed by atoms with Crippen molar-refractivity contribution in [3.63, 3.8) is 0 Å². The lowest BCUT2D eigenvalue weighted by molar-refractivity contribution is -0.116. The van der Waals surface area contributed by atoms with Gasteiger partial charge in [-0.15, -0.1) is 40.8 Å². The number of nitrogens with zero attached hydrogens (tertiary/aromatic N) is 4. The molecule has 0 bridgehead atoms. The predicted octanol–water partition coefficient (Wildman–Crippen LogP) is 2.09. The van der Waals surface area contributed by atoms with E-state index in [1.807, 2.05) is 36.7 Å². The van der Waals surface area contributed by atoms with E-state index in [9.17, 15) is 4.79 Å². The van der Waals surface area contributed by atoms with Crippen molar-refractivity contribution in [2.45, 2.75) is 25.8 Å². The highest BCUT2D eigenvalue weighted by atomic mass is 127. The molecule has 2 heterocycles. The molecule has 0 spiro atoms. The molecule has 0 saturated carbocycles. The first kappa shape index (κ1) is 21.9. The second-order valence-electron chi connectivity index (χ2n) is 6.47. The molecular formula is C19H26IN7O. The van der Waals surface area contributed by atoms with Gasteiger partial charge < -0.3 is 20.5 Å². The molecule has 3 N–H and O–H groups in total. The maximum atomic E-state index is 12.0. The number of aryl methyl sites for hydroxylation is 1. The summed E-state index contributed by atoms with van der Waals surface area (Å²) in [7, 11) is 1.92. The van der Waals surface area contributed by atoms with Gasteiger partial charge in [0.05, 0.1) is 0 Å². The Kier molecular flexibility index (Phi) is 7.97. The second kappa shape index (κ2) is 10.2. The average molecular weight is 495 g/mol. The van der Waals surface area contributed by atoms with E-state index in [1.54, 1.807) is 6.08 Å². The fourth-order valence-electron chi connectivity index (χ4n) is 2.99. The van der Waals surface area contributed by atoms with Crippen LogP contribution in [-0.4, -0.2) is 39.7 Å². The van der Waals surface area contributed by atoms with Gasteiger partial charge in [-0.3, -0.25) is 4.79 Å². The fraction of sp³-hybridized carbons (Fsp3) is 0.368. The number of anilines is 1. The van der Waals surface area contributed by atoms with Crippen molar-refractivity contribution in [3.05, 3.63) is 54.1 Å². The molecular weight excluding hydrogens is 469 g/mol. The predicted molar refractivity (Wildman–Crippen MR) is 121 cm³/mol. The first-order valence-corrected chi connectivity index (χ1v) is 8.95. The molecule has 1 aliphatic heterocycles. The van der Waals surface area contributed by atoms with Gasteiger partial charge in [-0.1, -0.05) is 24.3 Å². The molecule has 28 heavy (non-hydrogen) atoms. The number of halogens is 1. The lowest BCUT2D eigenvalue weighted by Crippen LogP contribution is -2.41. The minimum atomic E-state index is 0. The number of benzene rings is 1. The molecule has 150 valence electrons. The van der Waals surface area contributed by atoms with Gasteiger partial charge in [-0.2, -0.15) is 0 Å². The highest BCUT2D eigenvalue weighted by Gasteiger charge is 2.24. The topological polar surface area (TPSA) is 96.2 Å². The molecule has 1 aromatic carbocycles. The van der Waals surface area contributed by atoms with Gasteiger partial charge in [0.15, 0.2) is 11.8 Å². The molecule has 9 heteroatoms. The number of amides is 1. The van der Waals surface area contributed by atoms with Crippen LogP contribution in [0.3, 0.4) is 0 Å². The Morgan fingerprint density at radius 2 is 2.18 bits per heavy atom. The molecule has 1 amide bonds. The van der Waals surface area contributed by atoms with E-state index in [4.69, 9.17) is 0 Å². The minimum absolute atomic E-state index is 0. The fourth-order valence-corrected chi connectivity index (χ4v) is 2.99. The van der Waals surface area contributed by atoms with E-state index in [2.05, 4.69) is 43.8 Å². The zero-order valence-electron chi connectivity index (χ0n) is 16.1. The molecule has 3 rings (SSSR count). The Hall–Kier alpha value is -2.43. The summed E-state index contributed by atoms with van der Waals surface area (Å²) in [6, 6.07) is 7.90. The summed E-state index contributed by atoms with van der Waals surface area (Å²) in [5, 5.41) is 17.6. The van der Waals surface area contributed by atoms with Crippen LogP contribution in [0.4, 0.5) is 5.69 Å². The molecule has 0 saturated heterocycles. The number of fused-ring (bicyclic) bond motifs is 1. The number of aromatic nitrogens is 3. The van der Waals surface area contributed by atoms with Crippen molar-refractivity contribution in [1.82, 2.24) is 25.4 Å². The van der Waals surface area contributed by atoms with Crippen LogP contribution in [0.1, 0.15) is 29.6 Å². The first-order valence-electron chi connectivity index (χ1n) is 8.95. The number of aliphatic imine (C=N–C) groups is 1. The third-order valence-corrected chi connectivity index (χ3v) is 4.60. The van der Waals surface area contributed by atoms with E-state index in [-0.39, 0.29) is 35.8 Å². The van der Waals surface area contributed by atoms with Gasteiger partial charge in [0.2, 0.25) is 5.91 Å². The zero-order valence-corrected chi connectivity index (χ0v) is 18.4. The number of nitrogens with one attached hydrogen (secondary N) is 3. The molecule has 8 nitrogen and oxygen atoms in total. The van der Waals surface area contributed by atoms with Crippen molar-refractivity contribution >= 4 is 41.5 Å². The summed E-state index contributed by atoms with van der Waals surface area (Å²) < 4.78 is 1.91. The summed E-state index contributed by atoms with van der Waals surface area (Å²) in [5.41, 5.74) is 2.02. The standard InChI is InChI=1S/C19H25N7O.HI/c1-4-9-20-19(22-12-17-25-24-13(2)26(17)3)21-11-14-10-18(27)23-16-8-6-5-7-15(14)16;/h4-8,14H,1,9-12H2,2-3H3,(H,23,27)(H2,20,21,22);1H. The van der Waals surface area contributed by atoms with Crippen LogP contribution in [0.25, 0.3) is 0 Å². The number of carbonyl (C=O) groups excluding carboxylic acids is 1. The third kappa shape index (κ3) is 5.31. The first-order chi connectivity index (χ1) is 13.1. The number of hydrogen-bond acceptors (Lipinski definition) is 4. The second-order valence-corrected chi connectivity index (χ2v) is 6.47. The number of carbonyl (C=O) groups is 1. The van der Waals surface area contributed by atoms with E-state index in [1.165, 1.54) is 0 Å². The van der Waals surface area contributed by atoms with Crippen molar-refractivity contribution in [1.29, 1.82) is 0 Å². The van der Waals surface area contributed by atoms with Gasteiger partial charge in [-0.05, 0) is 18.6 Å². The monoisotopic (exact) mass is 495 g/mol. The zero-order chi connectivity index (χ0) is 19.2. The average Bonchev–Trinajstić information content (AvgIpc) is 2.99. The van der Waals surface area contributed by atoms with E-state index >= 15 is 0 Å². The minimum Gasteiger partial charge on any atom is -0.356 e. The van der Waals surface area contributed by atoms with Crippen molar-refractivity contribution in [3.8, 4) is 0 Å². The molecule has 1 aromatic heterocycles. The summed E-state index contributed by atoms with van der Waals surface area (Å²) in [5.74, 6) is 2.41. The van der Waals surface area contributed by atoms with E-state index < -0.39 is 0 Å². The number of rotatable bonds is 6. The largest absolute Gasteiger partial charge is 0.356 e. The highest BCUT2D eigenvalue weighted by molar-refractivity contribution is 14.0.